The zero-order valence-corrected chi connectivity index (χ0v) is 20.2. The van der Waals surface area contributed by atoms with E-state index in [2.05, 4.69) is 53.6 Å². The summed E-state index contributed by atoms with van der Waals surface area (Å²) in [6.45, 7) is 0. The number of hydrogen-bond acceptors (Lipinski definition) is 3. The van der Waals surface area contributed by atoms with Crippen LogP contribution in [0.1, 0.15) is 85.7 Å². The monoisotopic (exact) mass is 458 g/mol. The highest BCUT2D eigenvalue weighted by Crippen LogP contribution is 2.35. The molecule has 3 nitrogen and oxygen atoms in total. The van der Waals surface area contributed by atoms with Crippen molar-refractivity contribution in [2.24, 2.45) is 21.8 Å². The number of rotatable bonds is 7. The summed E-state index contributed by atoms with van der Waals surface area (Å²) in [7, 11) is 0. The van der Waals surface area contributed by atoms with Crippen molar-refractivity contribution in [1.29, 1.82) is 0 Å². The van der Waals surface area contributed by atoms with Crippen LogP contribution in [-0.4, -0.2) is 17.7 Å². The fourth-order valence-corrected chi connectivity index (χ4v) is 6.05. The first-order valence-corrected chi connectivity index (χ1v) is 13.2. The number of carbonyl (C=O) groups is 1. The van der Waals surface area contributed by atoms with Gasteiger partial charge in [-0.1, -0.05) is 67.0 Å². The van der Waals surface area contributed by atoms with Gasteiger partial charge in [-0.2, -0.15) is 0 Å². The lowest BCUT2D eigenvalue weighted by atomic mass is 9.84. The third kappa shape index (κ3) is 5.46. The summed E-state index contributed by atoms with van der Waals surface area (Å²) in [5, 5.41) is 0. The maximum absolute atomic E-state index is 13.0. The minimum atomic E-state index is 0. The van der Waals surface area contributed by atoms with Gasteiger partial charge < -0.3 is 0 Å². The second kappa shape index (κ2) is 11.1. The Bertz CT molecular complexity index is 1090. The highest BCUT2D eigenvalue weighted by atomic mass is 16.1. The quantitative estimate of drug-likeness (QED) is 0.380. The third-order valence-corrected chi connectivity index (χ3v) is 7.90. The highest BCUT2D eigenvalue weighted by Gasteiger charge is 2.27. The van der Waals surface area contributed by atoms with Gasteiger partial charge in [0.05, 0.1) is 11.8 Å². The number of Topliss-reactive ketones (excluding diaryl/α,β-unsaturated/α-hetero) is 1. The molecule has 0 radical (unpaired) electrons. The van der Waals surface area contributed by atoms with Gasteiger partial charge in [-0.25, -0.2) is 0 Å². The number of carbonyl (C=O) groups excluding carboxylic acids is 1. The van der Waals surface area contributed by atoms with Gasteiger partial charge in [-0.05, 0) is 73.6 Å². The van der Waals surface area contributed by atoms with E-state index >= 15 is 0 Å². The van der Waals surface area contributed by atoms with E-state index in [1.807, 2.05) is 18.5 Å². The Labute approximate surface area is 208 Å². The van der Waals surface area contributed by atoms with Crippen LogP contribution in [0.15, 0.2) is 82.0 Å². The number of benzene rings is 1. The summed E-state index contributed by atoms with van der Waals surface area (Å²) in [4.78, 5) is 22.4. The molecule has 182 valence electrons. The number of aliphatic imine (C=N–C) groups is 2. The van der Waals surface area contributed by atoms with Crippen LogP contribution in [0.25, 0.3) is 0 Å². The molecule has 0 amide bonds. The lowest BCUT2D eigenvalue weighted by Gasteiger charge is -2.22. The molecule has 0 spiro atoms. The van der Waals surface area contributed by atoms with E-state index in [1.54, 1.807) is 5.57 Å². The van der Waals surface area contributed by atoms with Gasteiger partial charge in [0.25, 0.3) is 0 Å². The number of aryl methyl sites for hydroxylation is 1. The van der Waals surface area contributed by atoms with Gasteiger partial charge >= 0.3 is 0 Å². The Morgan fingerprint density at radius 1 is 1.09 bits per heavy atom. The first kappa shape index (κ1) is 23.0. The van der Waals surface area contributed by atoms with Crippen molar-refractivity contribution in [2.45, 2.75) is 76.7 Å². The van der Waals surface area contributed by atoms with Crippen LogP contribution >= 0.6 is 0 Å². The summed E-state index contributed by atoms with van der Waals surface area (Å²) in [5.41, 5.74) is 6.78. The second-order valence-electron chi connectivity index (χ2n) is 10.2. The predicted octanol–water partition coefficient (Wildman–Crippen LogP) is 8.20. The SMILES string of the molecule is O=C(CCc1ccccc1C1C=CC=N1)C[C@@H]1CCCC(C2=NC=CCC3=C2C=CCC3)CC1.[HH].[HH].[HH]. The lowest BCUT2D eigenvalue weighted by molar-refractivity contribution is -0.120. The average Bonchev–Trinajstić information content (AvgIpc) is 3.19. The van der Waals surface area contributed by atoms with Crippen LogP contribution in [0.2, 0.25) is 0 Å². The van der Waals surface area contributed by atoms with Crippen LogP contribution in [0.5, 0.6) is 0 Å². The molecule has 0 N–H and O–H groups in total. The molecule has 2 unspecified atom stereocenters. The Morgan fingerprint density at radius 2 is 2.03 bits per heavy atom. The molecule has 1 saturated carbocycles. The van der Waals surface area contributed by atoms with Gasteiger partial charge in [-0.3, -0.25) is 14.8 Å². The molecule has 2 aliphatic heterocycles. The van der Waals surface area contributed by atoms with E-state index in [0.717, 1.165) is 38.5 Å². The Kier molecular flexibility index (Phi) is 7.48. The van der Waals surface area contributed by atoms with Crippen molar-refractivity contribution >= 4 is 17.7 Å². The summed E-state index contributed by atoms with van der Waals surface area (Å²) in [6.07, 6.45) is 26.3. The van der Waals surface area contributed by atoms with E-state index in [4.69, 9.17) is 4.99 Å². The molecular weight excluding hydrogens is 416 g/mol. The summed E-state index contributed by atoms with van der Waals surface area (Å²) in [6, 6.07) is 8.56. The van der Waals surface area contributed by atoms with Crippen molar-refractivity contribution in [3.05, 3.63) is 83.1 Å². The van der Waals surface area contributed by atoms with E-state index in [0.29, 0.717) is 24.0 Å². The standard InChI is InChI=1S/C31H36N2O.3H2/c34-27(19-18-25-10-1-3-13-28(25)30-15-7-20-32-30)22-23-8-5-11-26(17-16-23)31-29-14-4-2-9-24(29)12-6-21-33-31;;;/h1,3-4,6-7,10,13-15,20-21,23,26,30H,2,5,8-9,11-12,16-19,22H2;3*1H/t23-,26?,30?;;;/m1.../s1. The number of nitrogens with zero attached hydrogens (tertiary/aromatic N) is 2. The zero-order chi connectivity index (χ0) is 23.2. The highest BCUT2D eigenvalue weighted by molar-refractivity contribution is 6.05. The molecule has 0 saturated heterocycles. The second-order valence-corrected chi connectivity index (χ2v) is 10.2. The van der Waals surface area contributed by atoms with E-state index in [9.17, 15) is 4.79 Å². The molecule has 2 aliphatic carbocycles. The van der Waals surface area contributed by atoms with Gasteiger partial charge in [0.15, 0.2) is 0 Å². The fraction of sp³-hybridized carbons (Fsp3) is 0.452. The van der Waals surface area contributed by atoms with Gasteiger partial charge in [0, 0.05) is 35.5 Å². The average molecular weight is 459 g/mol. The van der Waals surface area contributed by atoms with Crippen molar-refractivity contribution in [1.82, 2.24) is 0 Å². The molecule has 1 aromatic rings. The molecule has 3 atom stereocenters. The molecule has 3 heteroatoms. The lowest BCUT2D eigenvalue weighted by Crippen LogP contribution is -2.18. The first-order chi connectivity index (χ1) is 16.8. The van der Waals surface area contributed by atoms with Crippen LogP contribution in [0, 0.1) is 11.8 Å². The molecule has 2 heterocycles. The minimum absolute atomic E-state index is 0. The topological polar surface area (TPSA) is 41.8 Å². The third-order valence-electron chi connectivity index (χ3n) is 7.90. The van der Waals surface area contributed by atoms with Crippen LogP contribution in [-0.2, 0) is 11.2 Å². The largest absolute Gasteiger partial charge is 0.300 e. The molecular formula is C31H42N2O. The normalized spacial score (nSPS) is 26.2. The molecule has 0 aromatic heterocycles. The maximum atomic E-state index is 13.0. The zero-order valence-electron chi connectivity index (χ0n) is 20.2. The summed E-state index contributed by atoms with van der Waals surface area (Å²) >= 11 is 0. The number of hydrogen-bond donors (Lipinski definition) is 0. The number of ketones is 1. The van der Waals surface area contributed by atoms with Crippen molar-refractivity contribution < 1.29 is 9.07 Å². The van der Waals surface area contributed by atoms with Crippen LogP contribution < -0.4 is 0 Å². The first-order valence-electron chi connectivity index (χ1n) is 13.2. The van der Waals surface area contributed by atoms with E-state index < -0.39 is 0 Å². The van der Waals surface area contributed by atoms with Crippen molar-refractivity contribution in [2.75, 3.05) is 0 Å². The van der Waals surface area contributed by atoms with Gasteiger partial charge in [0.1, 0.15) is 5.78 Å². The van der Waals surface area contributed by atoms with Crippen LogP contribution in [0.3, 0.4) is 0 Å². The summed E-state index contributed by atoms with van der Waals surface area (Å²) in [5.74, 6) is 1.47. The van der Waals surface area contributed by atoms with E-state index in [1.165, 1.54) is 48.1 Å². The van der Waals surface area contributed by atoms with Gasteiger partial charge in [-0.15, -0.1) is 0 Å². The van der Waals surface area contributed by atoms with E-state index in [-0.39, 0.29) is 10.3 Å². The molecule has 34 heavy (non-hydrogen) atoms. The maximum Gasteiger partial charge on any atom is 0.133 e. The van der Waals surface area contributed by atoms with Gasteiger partial charge in [0.2, 0.25) is 0 Å². The Balaban J connectivity index is 0.00000160. The molecule has 1 fully saturated rings. The Morgan fingerprint density at radius 3 is 2.94 bits per heavy atom. The van der Waals surface area contributed by atoms with Crippen molar-refractivity contribution in [3.8, 4) is 0 Å². The Hall–Kier alpha value is -2.81. The molecule has 4 aliphatic rings. The molecule has 5 rings (SSSR count). The van der Waals surface area contributed by atoms with Crippen LogP contribution in [0.4, 0.5) is 0 Å². The van der Waals surface area contributed by atoms with Crippen molar-refractivity contribution in [3.63, 3.8) is 0 Å². The molecule has 1 aromatic carbocycles. The number of allylic oxidation sites excluding steroid dienone is 6. The predicted molar refractivity (Wildman–Crippen MR) is 148 cm³/mol. The minimum Gasteiger partial charge on any atom is -0.300 e. The molecule has 0 bridgehead atoms. The fourth-order valence-electron chi connectivity index (χ4n) is 6.05. The smallest absolute Gasteiger partial charge is 0.133 e. The summed E-state index contributed by atoms with van der Waals surface area (Å²) < 4.78 is 0.